The van der Waals surface area contributed by atoms with Gasteiger partial charge in [-0.15, -0.1) is 11.6 Å². The minimum absolute atomic E-state index is 0.239. The normalized spacial score (nSPS) is 19.7. The van der Waals surface area contributed by atoms with Gasteiger partial charge in [-0.25, -0.2) is 4.79 Å². The van der Waals surface area contributed by atoms with E-state index in [0.717, 1.165) is 11.5 Å². The van der Waals surface area contributed by atoms with Gasteiger partial charge in [0, 0.05) is 17.8 Å². The molecule has 3 rings (SSSR count). The standard InChI is InChI=1S/C18H19ClN4O2/c1-12-11-16(19)22-17(20-12)23-18(24)21-13-7-9-15(10-8-13)25-14-5-3-2-4-6-14/h2-10,16-17,22H,11H2,1H3,(H2,21,23,24). The van der Waals surface area contributed by atoms with E-state index in [4.69, 9.17) is 16.3 Å². The number of rotatable bonds is 4. The lowest BCUT2D eigenvalue weighted by Crippen LogP contribution is -2.51. The SMILES string of the molecule is CC1=NC(NC(=O)Nc2ccc(Oc3ccccc3)cc2)NC(Cl)C1. The van der Waals surface area contributed by atoms with E-state index < -0.39 is 6.29 Å². The number of benzene rings is 2. The van der Waals surface area contributed by atoms with Crippen LogP contribution in [0.2, 0.25) is 0 Å². The van der Waals surface area contributed by atoms with Crippen LogP contribution in [0.4, 0.5) is 10.5 Å². The van der Waals surface area contributed by atoms with E-state index in [0.29, 0.717) is 17.9 Å². The second-order valence-corrected chi connectivity index (χ2v) is 6.17. The number of urea groups is 1. The molecule has 0 fully saturated rings. The number of halogens is 1. The van der Waals surface area contributed by atoms with Crippen molar-refractivity contribution in [1.82, 2.24) is 10.6 Å². The Balaban J connectivity index is 1.54. The molecule has 0 radical (unpaired) electrons. The topological polar surface area (TPSA) is 74.8 Å². The Hall–Kier alpha value is -2.57. The summed E-state index contributed by atoms with van der Waals surface area (Å²) in [7, 11) is 0. The number of alkyl halides is 1. The van der Waals surface area contributed by atoms with Gasteiger partial charge in [0.15, 0.2) is 6.29 Å². The maximum Gasteiger partial charge on any atom is 0.321 e. The van der Waals surface area contributed by atoms with Gasteiger partial charge in [0.25, 0.3) is 0 Å². The average Bonchev–Trinajstić information content (AvgIpc) is 2.56. The van der Waals surface area contributed by atoms with Crippen LogP contribution in [0.3, 0.4) is 0 Å². The number of carbonyl (C=O) groups excluding carboxylic acids is 1. The zero-order valence-corrected chi connectivity index (χ0v) is 14.5. The number of nitrogens with zero attached hydrogens (tertiary/aromatic N) is 1. The smallest absolute Gasteiger partial charge is 0.321 e. The first-order valence-corrected chi connectivity index (χ1v) is 8.36. The summed E-state index contributed by atoms with van der Waals surface area (Å²) in [6, 6.07) is 16.3. The van der Waals surface area contributed by atoms with E-state index in [-0.39, 0.29) is 11.5 Å². The molecule has 2 atom stereocenters. The predicted molar refractivity (Wildman–Crippen MR) is 99.4 cm³/mol. The molecule has 0 aliphatic carbocycles. The molecule has 2 aromatic rings. The lowest BCUT2D eigenvalue weighted by Gasteiger charge is -2.25. The first-order chi connectivity index (χ1) is 12.1. The molecule has 0 bridgehead atoms. The molecule has 1 aliphatic heterocycles. The van der Waals surface area contributed by atoms with Crippen molar-refractivity contribution in [2.45, 2.75) is 25.1 Å². The van der Waals surface area contributed by atoms with Crippen LogP contribution in [0.25, 0.3) is 0 Å². The molecule has 2 unspecified atom stereocenters. The molecular formula is C18H19ClN4O2. The Labute approximate surface area is 151 Å². The fourth-order valence-corrected chi connectivity index (χ4v) is 2.74. The van der Waals surface area contributed by atoms with Crippen molar-refractivity contribution >= 4 is 29.0 Å². The highest BCUT2D eigenvalue weighted by atomic mass is 35.5. The van der Waals surface area contributed by atoms with Crippen LogP contribution in [0.1, 0.15) is 13.3 Å². The second kappa shape index (κ2) is 8.00. The molecular weight excluding hydrogens is 340 g/mol. The molecule has 7 heteroatoms. The van der Waals surface area contributed by atoms with Crippen molar-refractivity contribution < 1.29 is 9.53 Å². The monoisotopic (exact) mass is 358 g/mol. The van der Waals surface area contributed by atoms with Crippen LogP contribution in [0.15, 0.2) is 59.6 Å². The van der Waals surface area contributed by atoms with E-state index in [1.807, 2.05) is 37.3 Å². The van der Waals surface area contributed by atoms with Gasteiger partial charge in [0.2, 0.25) is 0 Å². The summed E-state index contributed by atoms with van der Waals surface area (Å²) in [6.07, 6.45) is 0.126. The van der Waals surface area contributed by atoms with Gasteiger partial charge >= 0.3 is 6.03 Å². The molecule has 0 aromatic heterocycles. The third-order valence-electron chi connectivity index (χ3n) is 3.52. The lowest BCUT2D eigenvalue weighted by atomic mass is 10.2. The van der Waals surface area contributed by atoms with E-state index in [1.54, 1.807) is 24.3 Å². The number of amides is 2. The summed E-state index contributed by atoms with van der Waals surface area (Å²) < 4.78 is 5.71. The van der Waals surface area contributed by atoms with Crippen molar-refractivity contribution in [3.63, 3.8) is 0 Å². The number of anilines is 1. The quantitative estimate of drug-likeness (QED) is 0.573. The van der Waals surface area contributed by atoms with E-state index in [9.17, 15) is 4.79 Å². The summed E-state index contributed by atoms with van der Waals surface area (Å²) in [4.78, 5) is 16.4. The largest absolute Gasteiger partial charge is 0.457 e. The lowest BCUT2D eigenvalue weighted by molar-refractivity contribution is 0.245. The van der Waals surface area contributed by atoms with Crippen LogP contribution in [-0.4, -0.2) is 23.5 Å². The summed E-state index contributed by atoms with van der Waals surface area (Å²) in [5.74, 6) is 1.45. The highest BCUT2D eigenvalue weighted by Gasteiger charge is 2.20. The number of ether oxygens (including phenoxy) is 1. The molecule has 0 spiro atoms. The van der Waals surface area contributed by atoms with Gasteiger partial charge in [-0.1, -0.05) is 18.2 Å². The maximum atomic E-state index is 12.1. The van der Waals surface area contributed by atoms with Gasteiger partial charge in [-0.05, 0) is 43.3 Å². The number of nitrogens with one attached hydrogen (secondary N) is 3. The van der Waals surface area contributed by atoms with E-state index in [2.05, 4.69) is 20.9 Å². The van der Waals surface area contributed by atoms with Crippen molar-refractivity contribution in [1.29, 1.82) is 0 Å². The number of hydrogen-bond donors (Lipinski definition) is 3. The van der Waals surface area contributed by atoms with Crippen molar-refractivity contribution in [3.05, 3.63) is 54.6 Å². The second-order valence-electron chi connectivity index (χ2n) is 5.64. The van der Waals surface area contributed by atoms with E-state index in [1.165, 1.54) is 0 Å². The third-order valence-corrected chi connectivity index (χ3v) is 3.80. The van der Waals surface area contributed by atoms with Crippen LogP contribution >= 0.6 is 11.6 Å². The molecule has 25 heavy (non-hydrogen) atoms. The molecule has 6 nitrogen and oxygen atoms in total. The first kappa shape index (κ1) is 17.3. The number of carbonyl (C=O) groups is 1. The minimum Gasteiger partial charge on any atom is -0.457 e. The molecule has 3 N–H and O–H groups in total. The molecule has 0 saturated carbocycles. The van der Waals surface area contributed by atoms with Crippen molar-refractivity contribution in [3.8, 4) is 11.5 Å². The van der Waals surface area contributed by atoms with Gasteiger partial charge in [-0.2, -0.15) is 0 Å². The minimum atomic E-state index is -0.531. The fraction of sp³-hybridized carbons (Fsp3) is 0.222. The Morgan fingerprint density at radius 1 is 1.16 bits per heavy atom. The van der Waals surface area contributed by atoms with Gasteiger partial charge in [-0.3, -0.25) is 10.3 Å². The molecule has 2 amide bonds. The Morgan fingerprint density at radius 2 is 1.84 bits per heavy atom. The van der Waals surface area contributed by atoms with Crippen LogP contribution in [0.5, 0.6) is 11.5 Å². The zero-order valence-electron chi connectivity index (χ0n) is 13.7. The van der Waals surface area contributed by atoms with Crippen LogP contribution in [-0.2, 0) is 0 Å². The Kier molecular flexibility index (Phi) is 5.53. The summed E-state index contributed by atoms with van der Waals surface area (Å²) in [5, 5.41) is 8.46. The summed E-state index contributed by atoms with van der Waals surface area (Å²) in [6.45, 7) is 1.88. The number of para-hydroxylation sites is 1. The fourth-order valence-electron chi connectivity index (χ4n) is 2.40. The summed E-state index contributed by atoms with van der Waals surface area (Å²) >= 11 is 6.06. The molecule has 1 aliphatic rings. The van der Waals surface area contributed by atoms with Gasteiger partial charge < -0.3 is 15.4 Å². The summed E-state index contributed by atoms with van der Waals surface area (Å²) in [5.41, 5.74) is 1.31. The number of hydrogen-bond acceptors (Lipinski definition) is 4. The molecule has 2 aromatic carbocycles. The Morgan fingerprint density at radius 3 is 2.52 bits per heavy atom. The van der Waals surface area contributed by atoms with Crippen LogP contribution in [0, 0.1) is 0 Å². The maximum absolute atomic E-state index is 12.1. The number of aliphatic imine (C=N–C) groups is 1. The Bertz CT molecular complexity index is 749. The van der Waals surface area contributed by atoms with Gasteiger partial charge in [0.1, 0.15) is 11.5 Å². The molecule has 0 saturated heterocycles. The zero-order chi connectivity index (χ0) is 17.6. The van der Waals surface area contributed by atoms with Gasteiger partial charge in [0.05, 0.1) is 5.50 Å². The molecule has 130 valence electrons. The average molecular weight is 359 g/mol. The third kappa shape index (κ3) is 5.20. The predicted octanol–water partition coefficient (Wildman–Crippen LogP) is 3.90. The highest BCUT2D eigenvalue weighted by molar-refractivity contribution is 6.21. The van der Waals surface area contributed by atoms with Crippen molar-refractivity contribution in [2.24, 2.45) is 4.99 Å². The van der Waals surface area contributed by atoms with E-state index >= 15 is 0 Å². The van der Waals surface area contributed by atoms with Crippen LogP contribution < -0.4 is 20.7 Å². The first-order valence-electron chi connectivity index (χ1n) is 7.92. The molecule has 1 heterocycles. The van der Waals surface area contributed by atoms with Crippen molar-refractivity contribution in [2.75, 3.05) is 5.32 Å². The highest BCUT2D eigenvalue weighted by Crippen LogP contribution is 2.22.